The maximum absolute atomic E-state index is 14.0. The summed E-state index contributed by atoms with van der Waals surface area (Å²) in [5.41, 5.74) is 3.77. The van der Waals surface area contributed by atoms with E-state index in [1.165, 1.54) is 28.8 Å². The Bertz CT molecular complexity index is 1610. The number of halogens is 1. The van der Waals surface area contributed by atoms with Gasteiger partial charge in [0.15, 0.2) is 11.5 Å². The molecule has 3 aromatic carbocycles. The number of fused-ring (bicyclic) bond motifs is 2. The second-order valence-electron chi connectivity index (χ2n) is 10.3. The molecule has 11 heteroatoms. The molecule has 0 bridgehead atoms. The third-order valence-electron chi connectivity index (χ3n) is 7.09. The average molecular weight is 588 g/mol. The second-order valence-corrected chi connectivity index (χ2v) is 11.4. The number of hydrogen-bond acceptors (Lipinski definition) is 7. The van der Waals surface area contributed by atoms with Crippen LogP contribution in [-0.4, -0.2) is 72.8 Å². The lowest BCUT2D eigenvalue weighted by Gasteiger charge is -2.23. The number of thioether (sulfide) groups is 1. The minimum absolute atomic E-state index is 0.135. The van der Waals surface area contributed by atoms with Gasteiger partial charge in [-0.3, -0.25) is 14.5 Å². The van der Waals surface area contributed by atoms with Crippen molar-refractivity contribution in [1.82, 2.24) is 20.0 Å². The summed E-state index contributed by atoms with van der Waals surface area (Å²) in [7, 11) is 3.85. The Hall–Kier alpha value is -4.35. The number of aromatic nitrogens is 2. The van der Waals surface area contributed by atoms with Gasteiger partial charge in [0.25, 0.3) is 0 Å². The SMILES string of the molecule is CN(C)CCNC(=O)CN1C(=O)CSC(c2ccc3c(c2)OCO3)c2c(-c3ccccc3)nn(-c3ccc(F)cc3)c21. The molecule has 1 aromatic heterocycles. The minimum Gasteiger partial charge on any atom is -0.454 e. The van der Waals surface area contributed by atoms with Crippen molar-refractivity contribution in [3.63, 3.8) is 0 Å². The van der Waals surface area contributed by atoms with E-state index in [1.54, 1.807) is 16.8 Å². The molecule has 0 saturated heterocycles. The van der Waals surface area contributed by atoms with Crippen molar-refractivity contribution in [2.45, 2.75) is 5.25 Å². The number of hydrogen-bond donors (Lipinski definition) is 1. The van der Waals surface area contributed by atoms with E-state index in [1.807, 2.05) is 67.5 Å². The summed E-state index contributed by atoms with van der Waals surface area (Å²) in [4.78, 5) is 30.5. The number of amides is 2. The molecule has 42 heavy (non-hydrogen) atoms. The summed E-state index contributed by atoms with van der Waals surface area (Å²) in [5, 5.41) is 7.61. The summed E-state index contributed by atoms with van der Waals surface area (Å²) < 4.78 is 26.8. The standard InChI is InChI=1S/C31H30FN5O4S/c1-35(2)15-14-33-26(38)17-36-27(39)18-42-30(21-8-13-24-25(16-21)41-19-40-24)28-29(20-6-4-3-5-7-20)34-37(31(28)36)23-11-9-22(32)10-12-23/h3-13,16,30H,14-15,17-19H2,1-2H3,(H,33,38). The number of anilines is 1. The molecule has 2 amide bonds. The highest BCUT2D eigenvalue weighted by molar-refractivity contribution is 8.00. The lowest BCUT2D eigenvalue weighted by molar-refractivity contribution is -0.122. The first kappa shape index (κ1) is 27.8. The number of nitrogens with one attached hydrogen (secondary N) is 1. The van der Waals surface area contributed by atoms with Gasteiger partial charge in [0.2, 0.25) is 18.6 Å². The number of benzene rings is 3. The molecular weight excluding hydrogens is 557 g/mol. The molecule has 0 fully saturated rings. The van der Waals surface area contributed by atoms with Crippen LogP contribution in [0.5, 0.6) is 11.5 Å². The Kier molecular flexibility index (Phi) is 7.86. The van der Waals surface area contributed by atoms with Gasteiger partial charge in [-0.1, -0.05) is 36.4 Å². The summed E-state index contributed by atoms with van der Waals surface area (Å²) in [5.74, 6) is 1.01. The van der Waals surface area contributed by atoms with Crippen LogP contribution in [0.25, 0.3) is 16.9 Å². The fraction of sp³-hybridized carbons (Fsp3) is 0.258. The molecule has 1 atom stereocenters. The predicted molar refractivity (Wildman–Crippen MR) is 160 cm³/mol. The van der Waals surface area contributed by atoms with Crippen molar-refractivity contribution in [2.24, 2.45) is 0 Å². The van der Waals surface area contributed by atoms with Crippen molar-refractivity contribution in [3.05, 3.63) is 89.7 Å². The van der Waals surface area contributed by atoms with E-state index in [-0.39, 0.29) is 42.0 Å². The summed E-state index contributed by atoms with van der Waals surface area (Å²) in [6.07, 6.45) is 0. The zero-order chi connectivity index (χ0) is 29.2. The Morgan fingerprint density at radius 3 is 2.60 bits per heavy atom. The van der Waals surface area contributed by atoms with Crippen LogP contribution in [-0.2, 0) is 9.59 Å². The van der Waals surface area contributed by atoms with Gasteiger partial charge in [-0.25, -0.2) is 9.07 Å². The monoisotopic (exact) mass is 587 g/mol. The fourth-order valence-corrected chi connectivity index (χ4v) is 6.24. The Morgan fingerprint density at radius 2 is 1.83 bits per heavy atom. The quantitative estimate of drug-likeness (QED) is 0.330. The van der Waals surface area contributed by atoms with Crippen LogP contribution >= 0.6 is 11.8 Å². The highest BCUT2D eigenvalue weighted by atomic mass is 32.2. The van der Waals surface area contributed by atoms with Crippen LogP contribution < -0.4 is 19.7 Å². The van der Waals surface area contributed by atoms with E-state index in [2.05, 4.69) is 5.32 Å². The Labute approximate surface area is 247 Å². The predicted octanol–water partition coefficient (Wildman–Crippen LogP) is 4.25. The number of likely N-dealkylation sites (N-methyl/N-ethyl adjacent to an activating group) is 1. The van der Waals surface area contributed by atoms with Crippen molar-refractivity contribution >= 4 is 29.4 Å². The van der Waals surface area contributed by atoms with Crippen LogP contribution in [0.3, 0.4) is 0 Å². The molecule has 4 aromatic rings. The first-order valence-electron chi connectivity index (χ1n) is 13.6. The molecule has 0 aliphatic carbocycles. The minimum atomic E-state index is -0.387. The molecule has 1 N–H and O–H groups in total. The van der Waals surface area contributed by atoms with Gasteiger partial charge in [0.05, 0.1) is 22.4 Å². The molecule has 216 valence electrons. The number of carbonyl (C=O) groups is 2. The first-order valence-corrected chi connectivity index (χ1v) is 14.6. The molecule has 1 unspecified atom stereocenters. The third kappa shape index (κ3) is 5.57. The summed E-state index contributed by atoms with van der Waals surface area (Å²) in [6, 6.07) is 21.4. The van der Waals surface area contributed by atoms with E-state index >= 15 is 0 Å². The number of carbonyl (C=O) groups excluding carboxylic acids is 2. The van der Waals surface area contributed by atoms with E-state index in [0.717, 1.165) is 16.7 Å². The maximum Gasteiger partial charge on any atom is 0.240 e. The van der Waals surface area contributed by atoms with E-state index in [0.29, 0.717) is 41.8 Å². The molecule has 0 radical (unpaired) electrons. The summed E-state index contributed by atoms with van der Waals surface area (Å²) in [6.45, 7) is 1.07. The first-order chi connectivity index (χ1) is 20.4. The average Bonchev–Trinajstić information content (AvgIpc) is 3.58. The molecular formula is C31H30FN5O4S. The highest BCUT2D eigenvalue weighted by Crippen LogP contribution is 2.50. The van der Waals surface area contributed by atoms with Crippen LogP contribution in [0.2, 0.25) is 0 Å². The van der Waals surface area contributed by atoms with Gasteiger partial charge in [0.1, 0.15) is 18.2 Å². The van der Waals surface area contributed by atoms with Crippen LogP contribution in [0.1, 0.15) is 16.4 Å². The second kappa shape index (κ2) is 11.9. The van der Waals surface area contributed by atoms with Crippen LogP contribution in [0.4, 0.5) is 10.2 Å². The molecule has 6 rings (SSSR count). The molecule has 0 spiro atoms. The Morgan fingerprint density at radius 1 is 1.07 bits per heavy atom. The smallest absolute Gasteiger partial charge is 0.240 e. The van der Waals surface area contributed by atoms with Gasteiger partial charge in [-0.2, -0.15) is 5.10 Å². The molecule has 2 aliphatic heterocycles. The van der Waals surface area contributed by atoms with Gasteiger partial charge in [0, 0.05) is 24.2 Å². The largest absolute Gasteiger partial charge is 0.454 e. The normalized spacial score (nSPS) is 16.0. The van der Waals surface area contributed by atoms with Crippen molar-refractivity contribution in [3.8, 4) is 28.4 Å². The van der Waals surface area contributed by atoms with Crippen molar-refractivity contribution in [1.29, 1.82) is 0 Å². The molecule has 9 nitrogen and oxygen atoms in total. The van der Waals surface area contributed by atoms with Gasteiger partial charge < -0.3 is 19.7 Å². The molecule has 0 saturated carbocycles. The topological polar surface area (TPSA) is 88.9 Å². The number of ether oxygens (including phenoxy) is 2. The fourth-order valence-electron chi connectivity index (χ4n) is 5.05. The molecule has 2 aliphatic rings. The number of nitrogens with zero attached hydrogens (tertiary/aromatic N) is 4. The van der Waals surface area contributed by atoms with Crippen LogP contribution in [0.15, 0.2) is 72.8 Å². The van der Waals surface area contributed by atoms with Gasteiger partial charge >= 0.3 is 0 Å². The van der Waals surface area contributed by atoms with Gasteiger partial charge in [-0.15, -0.1) is 11.8 Å². The lowest BCUT2D eigenvalue weighted by Crippen LogP contribution is -2.43. The van der Waals surface area contributed by atoms with Gasteiger partial charge in [-0.05, 0) is 56.1 Å². The lowest BCUT2D eigenvalue weighted by atomic mass is 9.99. The Balaban J connectivity index is 1.54. The third-order valence-corrected chi connectivity index (χ3v) is 8.34. The molecule has 3 heterocycles. The van der Waals surface area contributed by atoms with Crippen molar-refractivity contribution < 1.29 is 23.5 Å². The van der Waals surface area contributed by atoms with E-state index in [9.17, 15) is 14.0 Å². The van der Waals surface area contributed by atoms with E-state index < -0.39 is 0 Å². The van der Waals surface area contributed by atoms with Crippen molar-refractivity contribution in [2.75, 3.05) is 51.2 Å². The highest BCUT2D eigenvalue weighted by Gasteiger charge is 2.38. The van der Waals surface area contributed by atoms with E-state index in [4.69, 9.17) is 14.6 Å². The van der Waals surface area contributed by atoms with Crippen LogP contribution in [0, 0.1) is 5.82 Å². The zero-order valence-corrected chi connectivity index (χ0v) is 24.1. The summed E-state index contributed by atoms with van der Waals surface area (Å²) >= 11 is 1.47. The maximum atomic E-state index is 14.0. The zero-order valence-electron chi connectivity index (χ0n) is 23.2. The number of rotatable bonds is 8.